The summed E-state index contributed by atoms with van der Waals surface area (Å²) in [5, 5.41) is 7.87. The molecule has 36 heavy (non-hydrogen) atoms. The molecule has 2 aliphatic carbocycles. The molecule has 0 amide bonds. The highest BCUT2D eigenvalue weighted by Crippen LogP contribution is 2.64. The molecule has 0 bridgehead atoms. The predicted molar refractivity (Wildman–Crippen MR) is 141 cm³/mol. The number of azide groups is 2. The maximum Gasteiger partial charge on any atom is 0.122 e. The van der Waals surface area contributed by atoms with Crippen molar-refractivity contribution in [1.82, 2.24) is 0 Å². The van der Waals surface area contributed by atoms with Crippen LogP contribution in [0.2, 0.25) is 0 Å². The zero-order chi connectivity index (χ0) is 25.2. The average Bonchev–Trinajstić information content (AvgIpc) is 3.29. The molecule has 0 saturated heterocycles. The number of aryl methyl sites for hydroxylation is 3. The summed E-state index contributed by atoms with van der Waals surface area (Å²) in [6.07, 6.45) is 0. The maximum absolute atomic E-state index is 9.18. The van der Waals surface area contributed by atoms with Crippen molar-refractivity contribution in [2.45, 2.75) is 26.2 Å². The van der Waals surface area contributed by atoms with Crippen LogP contribution in [-0.2, 0) is 5.41 Å². The number of fused-ring (bicyclic) bond motifs is 10. The minimum absolute atomic E-state index is 0.553. The van der Waals surface area contributed by atoms with Crippen LogP contribution < -0.4 is 4.74 Å². The summed E-state index contributed by atoms with van der Waals surface area (Å²) in [6.45, 7) is 6.30. The molecule has 7 nitrogen and oxygen atoms in total. The molecular weight excluding hydrogens is 448 g/mol. The number of ether oxygens (including phenoxy) is 1. The second kappa shape index (κ2) is 7.65. The van der Waals surface area contributed by atoms with Crippen LogP contribution in [0.1, 0.15) is 38.9 Å². The minimum Gasteiger partial charge on any atom is -0.496 e. The van der Waals surface area contributed by atoms with Crippen molar-refractivity contribution in [3.05, 3.63) is 120 Å². The number of benzene rings is 4. The molecular formula is C29H22N6O. The van der Waals surface area contributed by atoms with Crippen molar-refractivity contribution in [2.24, 2.45) is 10.2 Å². The Balaban J connectivity index is 1.85. The van der Waals surface area contributed by atoms with Gasteiger partial charge in [-0.15, -0.1) is 0 Å². The van der Waals surface area contributed by atoms with Crippen LogP contribution in [0, 0.1) is 20.8 Å². The van der Waals surface area contributed by atoms with Gasteiger partial charge in [-0.1, -0.05) is 52.7 Å². The van der Waals surface area contributed by atoms with Crippen LogP contribution >= 0.6 is 0 Å². The van der Waals surface area contributed by atoms with Gasteiger partial charge >= 0.3 is 0 Å². The van der Waals surface area contributed by atoms with E-state index in [1.54, 1.807) is 7.11 Å². The van der Waals surface area contributed by atoms with Gasteiger partial charge in [-0.2, -0.15) is 0 Å². The van der Waals surface area contributed by atoms with Gasteiger partial charge in [0.15, 0.2) is 0 Å². The highest BCUT2D eigenvalue weighted by Gasteiger charge is 2.52. The third-order valence-electron chi connectivity index (χ3n) is 7.69. The molecule has 2 aliphatic rings. The van der Waals surface area contributed by atoms with Gasteiger partial charge in [0, 0.05) is 21.2 Å². The molecule has 0 heterocycles. The van der Waals surface area contributed by atoms with Gasteiger partial charge in [0.25, 0.3) is 0 Å². The molecule has 174 valence electrons. The summed E-state index contributed by atoms with van der Waals surface area (Å²) >= 11 is 0. The summed E-state index contributed by atoms with van der Waals surface area (Å²) in [7, 11) is 1.68. The Hall–Kier alpha value is -4.70. The summed E-state index contributed by atoms with van der Waals surface area (Å²) in [5.41, 5.74) is 31.0. The molecule has 0 N–H and O–H groups in total. The van der Waals surface area contributed by atoms with Crippen molar-refractivity contribution in [3.8, 4) is 28.0 Å². The molecule has 1 spiro atoms. The van der Waals surface area contributed by atoms with Gasteiger partial charge in [-0.05, 0) is 111 Å². The predicted octanol–water partition coefficient (Wildman–Crippen LogP) is 8.85. The van der Waals surface area contributed by atoms with E-state index in [-0.39, 0.29) is 0 Å². The third-order valence-corrected chi connectivity index (χ3v) is 7.69. The van der Waals surface area contributed by atoms with Crippen molar-refractivity contribution in [3.63, 3.8) is 0 Å². The molecule has 0 aromatic heterocycles. The number of methoxy groups -OCH3 is 1. The van der Waals surface area contributed by atoms with Crippen molar-refractivity contribution >= 4 is 11.4 Å². The Morgan fingerprint density at radius 3 is 1.61 bits per heavy atom. The van der Waals surface area contributed by atoms with E-state index in [4.69, 9.17) is 4.74 Å². The lowest BCUT2D eigenvalue weighted by Crippen LogP contribution is -2.26. The monoisotopic (exact) mass is 470 g/mol. The van der Waals surface area contributed by atoms with E-state index in [0.717, 1.165) is 50.3 Å². The number of hydrogen-bond acceptors (Lipinski definition) is 3. The summed E-state index contributed by atoms with van der Waals surface area (Å²) in [5.74, 6) is 0.817. The zero-order valence-corrected chi connectivity index (χ0v) is 20.4. The summed E-state index contributed by atoms with van der Waals surface area (Å²) in [4.78, 5) is 6.08. The maximum atomic E-state index is 9.18. The first kappa shape index (κ1) is 21.8. The first-order valence-corrected chi connectivity index (χ1v) is 11.6. The molecule has 1 unspecified atom stereocenters. The zero-order valence-electron chi connectivity index (χ0n) is 20.4. The Morgan fingerprint density at radius 2 is 1.08 bits per heavy atom. The van der Waals surface area contributed by atoms with Gasteiger partial charge in [-0.3, -0.25) is 0 Å². The van der Waals surface area contributed by atoms with E-state index in [0.29, 0.717) is 11.4 Å². The minimum atomic E-state index is -0.660. The molecule has 6 rings (SSSR count). The normalized spacial score (nSPS) is 15.9. The number of nitrogens with zero attached hydrogens (tertiary/aromatic N) is 6. The smallest absolute Gasteiger partial charge is 0.122 e. The van der Waals surface area contributed by atoms with E-state index < -0.39 is 5.41 Å². The molecule has 4 aromatic rings. The first-order valence-electron chi connectivity index (χ1n) is 11.6. The van der Waals surface area contributed by atoms with Gasteiger partial charge in [0.2, 0.25) is 0 Å². The van der Waals surface area contributed by atoms with Gasteiger partial charge in [0.1, 0.15) is 5.75 Å². The van der Waals surface area contributed by atoms with Gasteiger partial charge < -0.3 is 4.74 Å². The van der Waals surface area contributed by atoms with Crippen LogP contribution in [-0.4, -0.2) is 7.11 Å². The fourth-order valence-electron chi connectivity index (χ4n) is 6.04. The molecule has 0 fully saturated rings. The molecule has 4 aromatic carbocycles. The number of rotatable bonds is 3. The number of hydrogen-bond donors (Lipinski definition) is 0. The van der Waals surface area contributed by atoms with Crippen LogP contribution in [0.25, 0.3) is 43.1 Å². The Labute approximate surface area is 208 Å². The SMILES string of the molecule is COc1cc2c(cc1C)C1(c3cc(N=[N+]=[N-])ccc3-c3cc(C)c(C)cc31)c1cc(N=[N+]=[N-])ccc1-2. The molecule has 0 saturated carbocycles. The largest absolute Gasteiger partial charge is 0.496 e. The fraction of sp³-hybridized carbons (Fsp3) is 0.172. The lowest BCUT2D eigenvalue weighted by molar-refractivity contribution is 0.411. The van der Waals surface area contributed by atoms with E-state index in [1.807, 2.05) is 36.4 Å². The first-order chi connectivity index (χ1) is 17.4. The van der Waals surface area contributed by atoms with Gasteiger partial charge in [0.05, 0.1) is 12.5 Å². The van der Waals surface area contributed by atoms with Crippen LogP contribution in [0.5, 0.6) is 5.75 Å². The summed E-state index contributed by atoms with van der Waals surface area (Å²) < 4.78 is 5.70. The third kappa shape index (κ3) is 2.70. The molecule has 7 heteroatoms. The van der Waals surface area contributed by atoms with E-state index in [1.165, 1.54) is 16.7 Å². The Morgan fingerprint density at radius 1 is 0.611 bits per heavy atom. The highest BCUT2D eigenvalue weighted by atomic mass is 16.5. The molecule has 1 atom stereocenters. The van der Waals surface area contributed by atoms with Crippen molar-refractivity contribution < 1.29 is 4.74 Å². The Kier molecular flexibility index (Phi) is 4.64. The lowest BCUT2D eigenvalue weighted by Gasteiger charge is -2.31. The van der Waals surface area contributed by atoms with Crippen LogP contribution in [0.4, 0.5) is 11.4 Å². The van der Waals surface area contributed by atoms with Crippen LogP contribution in [0.3, 0.4) is 0 Å². The van der Waals surface area contributed by atoms with E-state index >= 15 is 0 Å². The fourth-order valence-corrected chi connectivity index (χ4v) is 6.04. The molecule has 0 aliphatic heterocycles. The van der Waals surface area contributed by atoms with Gasteiger partial charge in [-0.25, -0.2) is 0 Å². The average molecular weight is 471 g/mol. The Bertz CT molecular complexity index is 1730. The topological polar surface area (TPSA) is 107 Å². The van der Waals surface area contributed by atoms with E-state index in [9.17, 15) is 11.1 Å². The van der Waals surface area contributed by atoms with Crippen molar-refractivity contribution in [2.75, 3.05) is 7.11 Å². The standard InChI is InChI=1S/C29H22N6O/c1-15-9-22-20-7-5-18(32-34-30)12-26(20)29(24(22)10-16(15)2)25-11-17(3)28(36-4)14-23(25)21-8-6-19(33-35-31)13-27(21)29/h5-14H,1-4H3. The van der Waals surface area contributed by atoms with Crippen molar-refractivity contribution in [1.29, 1.82) is 0 Å². The quantitative estimate of drug-likeness (QED) is 0.144. The van der Waals surface area contributed by atoms with Crippen LogP contribution in [0.15, 0.2) is 70.9 Å². The highest BCUT2D eigenvalue weighted by molar-refractivity contribution is 5.96. The lowest BCUT2D eigenvalue weighted by atomic mass is 9.70. The second-order valence-corrected chi connectivity index (χ2v) is 9.44. The molecule has 0 radical (unpaired) electrons. The summed E-state index contributed by atoms with van der Waals surface area (Å²) in [6, 6.07) is 20.6. The van der Waals surface area contributed by atoms with E-state index in [2.05, 4.69) is 65.1 Å². The second-order valence-electron chi connectivity index (χ2n) is 9.44.